The molecule has 2 N–H and O–H groups in total. The van der Waals surface area contributed by atoms with Gasteiger partial charge in [-0.2, -0.15) is 0 Å². The fraction of sp³-hybridized carbons (Fsp3) is 0.455. The highest BCUT2D eigenvalue weighted by molar-refractivity contribution is 7.09. The van der Waals surface area contributed by atoms with Gasteiger partial charge >= 0.3 is 0 Å². The van der Waals surface area contributed by atoms with Crippen LogP contribution in [0.3, 0.4) is 0 Å². The van der Waals surface area contributed by atoms with Crippen molar-refractivity contribution in [2.45, 2.75) is 32.9 Å². The van der Waals surface area contributed by atoms with Gasteiger partial charge in [0.1, 0.15) is 0 Å². The van der Waals surface area contributed by atoms with Crippen LogP contribution in [0.15, 0.2) is 17.5 Å². The van der Waals surface area contributed by atoms with Crippen molar-refractivity contribution in [1.82, 2.24) is 15.0 Å². The minimum atomic E-state index is 0.463. The van der Waals surface area contributed by atoms with E-state index in [2.05, 4.69) is 34.7 Å². The molecule has 2 heterocycles. The fourth-order valence-electron chi connectivity index (χ4n) is 1.69. The summed E-state index contributed by atoms with van der Waals surface area (Å²) in [7, 11) is 0. The lowest BCUT2D eigenvalue weighted by atomic mass is 10.2. The van der Waals surface area contributed by atoms with Gasteiger partial charge < -0.3 is 5.73 Å². The monoisotopic (exact) mass is 236 g/mol. The van der Waals surface area contributed by atoms with Gasteiger partial charge in [-0.25, -0.2) is 4.68 Å². The van der Waals surface area contributed by atoms with E-state index in [0.717, 1.165) is 30.8 Å². The van der Waals surface area contributed by atoms with Crippen molar-refractivity contribution in [3.05, 3.63) is 33.8 Å². The first-order chi connectivity index (χ1) is 7.85. The van der Waals surface area contributed by atoms with E-state index in [4.69, 9.17) is 5.73 Å². The Morgan fingerprint density at radius 1 is 1.50 bits per heavy atom. The quantitative estimate of drug-likeness (QED) is 0.861. The van der Waals surface area contributed by atoms with Crippen LogP contribution < -0.4 is 5.73 Å². The summed E-state index contributed by atoms with van der Waals surface area (Å²) >= 11 is 1.76. The highest BCUT2D eigenvalue weighted by atomic mass is 32.1. The van der Waals surface area contributed by atoms with Gasteiger partial charge in [-0.3, -0.25) is 0 Å². The summed E-state index contributed by atoms with van der Waals surface area (Å²) in [5.41, 5.74) is 7.75. The van der Waals surface area contributed by atoms with Crippen molar-refractivity contribution in [1.29, 1.82) is 0 Å². The van der Waals surface area contributed by atoms with Crippen LogP contribution in [0.2, 0.25) is 0 Å². The Morgan fingerprint density at radius 3 is 3.00 bits per heavy atom. The summed E-state index contributed by atoms with van der Waals surface area (Å²) in [5.74, 6) is 0. The molecule has 0 saturated heterocycles. The topological polar surface area (TPSA) is 56.7 Å². The Kier molecular flexibility index (Phi) is 3.69. The number of nitrogens with zero attached hydrogens (tertiary/aromatic N) is 3. The molecule has 2 aromatic rings. The third-order valence-corrected chi connectivity index (χ3v) is 3.35. The average Bonchev–Trinajstić information content (AvgIpc) is 2.91. The van der Waals surface area contributed by atoms with Crippen molar-refractivity contribution in [2.75, 3.05) is 0 Å². The second kappa shape index (κ2) is 5.23. The zero-order valence-corrected chi connectivity index (χ0v) is 10.2. The van der Waals surface area contributed by atoms with Crippen LogP contribution in [0, 0.1) is 0 Å². The molecule has 2 aromatic heterocycles. The standard InChI is InChI=1S/C11H16N4S/c1-2-5-15-11(10(8-12)13-14-15)7-9-4-3-6-16-9/h3-4,6H,2,5,7-8,12H2,1H3. The van der Waals surface area contributed by atoms with Crippen LogP contribution in [-0.2, 0) is 19.5 Å². The lowest BCUT2D eigenvalue weighted by Gasteiger charge is -2.04. The maximum atomic E-state index is 5.68. The third-order valence-electron chi connectivity index (χ3n) is 2.47. The summed E-state index contributed by atoms with van der Waals surface area (Å²) in [6.07, 6.45) is 1.95. The third kappa shape index (κ3) is 2.31. The van der Waals surface area contributed by atoms with Crippen LogP contribution in [0.4, 0.5) is 0 Å². The first-order valence-electron chi connectivity index (χ1n) is 5.48. The molecule has 0 aliphatic heterocycles. The summed E-state index contributed by atoms with van der Waals surface area (Å²) in [6, 6.07) is 4.20. The minimum absolute atomic E-state index is 0.463. The van der Waals surface area contributed by atoms with Crippen molar-refractivity contribution in [3.8, 4) is 0 Å². The number of nitrogens with two attached hydrogens (primary N) is 1. The van der Waals surface area contributed by atoms with E-state index in [-0.39, 0.29) is 0 Å². The largest absolute Gasteiger partial charge is 0.325 e. The SMILES string of the molecule is CCCn1nnc(CN)c1Cc1cccs1. The van der Waals surface area contributed by atoms with Crippen molar-refractivity contribution in [2.24, 2.45) is 5.73 Å². The summed E-state index contributed by atoms with van der Waals surface area (Å²) in [5, 5.41) is 10.4. The molecule has 0 bridgehead atoms. The first kappa shape index (κ1) is 11.3. The molecule has 5 heteroatoms. The van der Waals surface area contributed by atoms with E-state index in [1.54, 1.807) is 11.3 Å². The Bertz CT molecular complexity index is 433. The van der Waals surface area contributed by atoms with Crippen LogP contribution >= 0.6 is 11.3 Å². The van der Waals surface area contributed by atoms with Crippen LogP contribution in [0.5, 0.6) is 0 Å². The molecule has 2 rings (SSSR count). The van der Waals surface area contributed by atoms with Crippen LogP contribution in [0.25, 0.3) is 0 Å². The number of rotatable bonds is 5. The molecule has 0 aliphatic carbocycles. The van der Waals surface area contributed by atoms with Gasteiger partial charge in [0.25, 0.3) is 0 Å². The number of hydrogen-bond acceptors (Lipinski definition) is 4. The van der Waals surface area contributed by atoms with Crippen molar-refractivity contribution >= 4 is 11.3 Å². The molecule has 16 heavy (non-hydrogen) atoms. The molecular formula is C11H16N4S. The van der Waals surface area contributed by atoms with Crippen LogP contribution in [-0.4, -0.2) is 15.0 Å². The molecule has 0 unspecified atom stereocenters. The maximum Gasteiger partial charge on any atom is 0.0998 e. The minimum Gasteiger partial charge on any atom is -0.325 e. The van der Waals surface area contributed by atoms with Gasteiger partial charge in [-0.15, -0.1) is 16.4 Å². The van der Waals surface area contributed by atoms with E-state index >= 15 is 0 Å². The highest BCUT2D eigenvalue weighted by Gasteiger charge is 2.11. The van der Waals surface area contributed by atoms with E-state index in [1.807, 2.05) is 4.68 Å². The van der Waals surface area contributed by atoms with Gasteiger partial charge in [-0.05, 0) is 17.9 Å². The molecule has 4 nitrogen and oxygen atoms in total. The zero-order valence-electron chi connectivity index (χ0n) is 9.39. The zero-order chi connectivity index (χ0) is 11.4. The van der Waals surface area contributed by atoms with Gasteiger partial charge in [0.2, 0.25) is 0 Å². The summed E-state index contributed by atoms with van der Waals surface area (Å²) < 4.78 is 1.97. The average molecular weight is 236 g/mol. The second-order valence-electron chi connectivity index (χ2n) is 3.67. The molecule has 0 amide bonds. The van der Waals surface area contributed by atoms with E-state index in [1.165, 1.54) is 4.88 Å². The number of thiophene rings is 1. The van der Waals surface area contributed by atoms with Crippen molar-refractivity contribution < 1.29 is 0 Å². The van der Waals surface area contributed by atoms with Gasteiger partial charge in [0.15, 0.2) is 0 Å². The molecule has 0 atom stereocenters. The molecular weight excluding hydrogens is 220 g/mol. The first-order valence-corrected chi connectivity index (χ1v) is 6.36. The normalized spacial score (nSPS) is 10.9. The highest BCUT2D eigenvalue weighted by Crippen LogP contribution is 2.16. The van der Waals surface area contributed by atoms with E-state index < -0.39 is 0 Å². The van der Waals surface area contributed by atoms with E-state index in [9.17, 15) is 0 Å². The second-order valence-corrected chi connectivity index (χ2v) is 4.70. The Hall–Kier alpha value is -1.20. The Balaban J connectivity index is 2.25. The predicted octanol–water partition coefficient (Wildman–Crippen LogP) is 1.80. The molecule has 0 fully saturated rings. The Labute approximate surface area is 99.1 Å². The van der Waals surface area contributed by atoms with Gasteiger partial charge in [0, 0.05) is 24.4 Å². The number of hydrogen-bond donors (Lipinski definition) is 1. The molecule has 0 saturated carbocycles. The lowest BCUT2D eigenvalue weighted by Crippen LogP contribution is -2.07. The predicted molar refractivity (Wildman–Crippen MR) is 65.3 cm³/mol. The molecule has 0 aliphatic rings. The van der Waals surface area contributed by atoms with Gasteiger partial charge in [0.05, 0.1) is 11.4 Å². The van der Waals surface area contributed by atoms with Crippen molar-refractivity contribution in [3.63, 3.8) is 0 Å². The molecule has 0 aromatic carbocycles. The Morgan fingerprint density at radius 2 is 2.38 bits per heavy atom. The number of aromatic nitrogens is 3. The smallest absolute Gasteiger partial charge is 0.0998 e. The summed E-state index contributed by atoms with van der Waals surface area (Å²) in [4.78, 5) is 1.33. The maximum absolute atomic E-state index is 5.68. The molecule has 0 radical (unpaired) electrons. The molecule has 0 spiro atoms. The number of aryl methyl sites for hydroxylation is 1. The summed E-state index contributed by atoms with van der Waals surface area (Å²) in [6.45, 7) is 3.51. The van der Waals surface area contributed by atoms with E-state index in [0.29, 0.717) is 6.54 Å². The fourth-order valence-corrected chi connectivity index (χ4v) is 2.40. The van der Waals surface area contributed by atoms with Gasteiger partial charge in [-0.1, -0.05) is 18.2 Å². The van der Waals surface area contributed by atoms with Crippen LogP contribution in [0.1, 0.15) is 29.6 Å². The molecule has 86 valence electrons. The lowest BCUT2D eigenvalue weighted by molar-refractivity contribution is 0.560.